The van der Waals surface area contributed by atoms with Crippen LogP contribution in [0.3, 0.4) is 0 Å². The molecule has 0 aliphatic rings. The summed E-state index contributed by atoms with van der Waals surface area (Å²) < 4.78 is 29.0. The number of aliphatic imine (C=N–C) groups is 1. The molecule has 1 heterocycles. The Morgan fingerprint density at radius 3 is 2.39 bits per heavy atom. The summed E-state index contributed by atoms with van der Waals surface area (Å²) >= 11 is 0. The summed E-state index contributed by atoms with van der Waals surface area (Å²) in [6.45, 7) is 7.83. The summed E-state index contributed by atoms with van der Waals surface area (Å²) in [6, 6.07) is 7.95. The molecule has 0 radical (unpaired) electrons. The van der Waals surface area contributed by atoms with Crippen molar-refractivity contribution >= 4 is 39.8 Å². The standard InChI is InChI=1S/C19H28N4O3S.HI/c1-14-6-8-15(9-7-14)17-23-16(13-26-17)12-22-18(20-5)21-10-11-27(24,25)19(2,3)4;/h6-9,13H,10-12H2,1-5H3,(H2,20,21,22);1H. The van der Waals surface area contributed by atoms with E-state index in [0.29, 0.717) is 18.4 Å². The number of hydrogen-bond donors (Lipinski definition) is 2. The van der Waals surface area contributed by atoms with Crippen LogP contribution in [0, 0.1) is 6.92 Å². The van der Waals surface area contributed by atoms with Gasteiger partial charge in [-0.05, 0) is 39.8 Å². The molecule has 0 spiro atoms. The maximum atomic E-state index is 12.1. The number of sulfone groups is 1. The van der Waals surface area contributed by atoms with E-state index in [1.165, 1.54) is 5.56 Å². The minimum Gasteiger partial charge on any atom is -0.444 e. The fourth-order valence-electron chi connectivity index (χ4n) is 2.22. The first kappa shape index (κ1) is 24.4. The molecule has 2 N–H and O–H groups in total. The van der Waals surface area contributed by atoms with Crippen LogP contribution in [0.2, 0.25) is 0 Å². The van der Waals surface area contributed by atoms with Crippen LogP contribution in [-0.2, 0) is 16.4 Å². The average Bonchev–Trinajstić information content (AvgIpc) is 3.06. The minimum absolute atomic E-state index is 0. The van der Waals surface area contributed by atoms with Gasteiger partial charge in [0.25, 0.3) is 0 Å². The number of oxazole rings is 1. The van der Waals surface area contributed by atoms with Crippen molar-refractivity contribution in [2.24, 2.45) is 4.99 Å². The Bertz CT molecular complexity index is 885. The van der Waals surface area contributed by atoms with E-state index in [2.05, 4.69) is 20.6 Å². The van der Waals surface area contributed by atoms with Crippen LogP contribution < -0.4 is 10.6 Å². The number of hydrogen-bond acceptors (Lipinski definition) is 5. The van der Waals surface area contributed by atoms with Gasteiger partial charge in [-0.3, -0.25) is 4.99 Å². The highest BCUT2D eigenvalue weighted by Gasteiger charge is 2.28. The molecular formula is C19H29IN4O3S. The molecule has 0 unspecified atom stereocenters. The number of rotatable bonds is 6. The average molecular weight is 520 g/mol. The van der Waals surface area contributed by atoms with Crippen LogP contribution in [0.25, 0.3) is 11.5 Å². The van der Waals surface area contributed by atoms with Gasteiger partial charge in [-0.15, -0.1) is 24.0 Å². The summed E-state index contributed by atoms with van der Waals surface area (Å²) in [5, 5.41) is 6.12. The second-order valence-corrected chi connectivity index (χ2v) is 10.2. The normalized spacial score (nSPS) is 12.4. The largest absolute Gasteiger partial charge is 0.444 e. The second kappa shape index (κ2) is 10.2. The molecule has 156 valence electrons. The lowest BCUT2D eigenvalue weighted by atomic mass is 10.1. The zero-order chi connectivity index (χ0) is 20.1. The third-order valence-corrected chi connectivity index (χ3v) is 6.71. The van der Waals surface area contributed by atoms with Gasteiger partial charge in [-0.1, -0.05) is 17.7 Å². The van der Waals surface area contributed by atoms with Crippen molar-refractivity contribution in [2.75, 3.05) is 19.3 Å². The predicted octanol–water partition coefficient (Wildman–Crippen LogP) is 3.15. The van der Waals surface area contributed by atoms with Crippen molar-refractivity contribution in [3.63, 3.8) is 0 Å². The Labute approximate surface area is 184 Å². The maximum Gasteiger partial charge on any atom is 0.226 e. The van der Waals surface area contributed by atoms with Gasteiger partial charge in [0.15, 0.2) is 15.8 Å². The van der Waals surface area contributed by atoms with Crippen molar-refractivity contribution in [3.8, 4) is 11.5 Å². The topological polar surface area (TPSA) is 96.6 Å². The summed E-state index contributed by atoms with van der Waals surface area (Å²) in [7, 11) is -1.54. The molecule has 1 aromatic carbocycles. The van der Waals surface area contributed by atoms with Crippen LogP contribution in [0.5, 0.6) is 0 Å². The zero-order valence-corrected chi connectivity index (χ0v) is 20.1. The number of aryl methyl sites for hydroxylation is 1. The van der Waals surface area contributed by atoms with Crippen molar-refractivity contribution in [2.45, 2.75) is 39.0 Å². The van der Waals surface area contributed by atoms with Crippen molar-refractivity contribution in [1.82, 2.24) is 15.6 Å². The minimum atomic E-state index is -3.17. The molecule has 0 fully saturated rings. The molecule has 0 saturated carbocycles. The lowest BCUT2D eigenvalue weighted by Gasteiger charge is -2.19. The summed E-state index contributed by atoms with van der Waals surface area (Å²) in [5.74, 6) is 1.11. The molecule has 0 aliphatic heterocycles. The van der Waals surface area contributed by atoms with Gasteiger partial charge >= 0.3 is 0 Å². The fourth-order valence-corrected chi connectivity index (χ4v) is 3.20. The highest BCUT2D eigenvalue weighted by atomic mass is 127. The van der Waals surface area contributed by atoms with Gasteiger partial charge < -0.3 is 15.1 Å². The smallest absolute Gasteiger partial charge is 0.226 e. The van der Waals surface area contributed by atoms with Crippen molar-refractivity contribution in [1.29, 1.82) is 0 Å². The van der Waals surface area contributed by atoms with E-state index in [9.17, 15) is 8.42 Å². The highest BCUT2D eigenvalue weighted by Crippen LogP contribution is 2.19. The molecule has 1 aromatic heterocycles. The van der Waals surface area contributed by atoms with E-state index >= 15 is 0 Å². The van der Waals surface area contributed by atoms with Crippen LogP contribution in [0.4, 0.5) is 0 Å². The first-order valence-electron chi connectivity index (χ1n) is 8.80. The molecule has 7 nitrogen and oxygen atoms in total. The van der Waals surface area contributed by atoms with E-state index in [4.69, 9.17) is 4.42 Å². The fraction of sp³-hybridized carbons (Fsp3) is 0.474. The first-order valence-corrected chi connectivity index (χ1v) is 10.5. The van der Waals surface area contributed by atoms with Crippen LogP contribution in [0.15, 0.2) is 39.9 Å². The summed E-state index contributed by atoms with van der Waals surface area (Å²) in [6.07, 6.45) is 1.60. The molecule has 0 aliphatic carbocycles. The SMILES string of the molecule is CN=C(NCCS(=O)(=O)C(C)(C)C)NCc1coc(-c2ccc(C)cc2)n1.I. The molecule has 28 heavy (non-hydrogen) atoms. The second-order valence-electron chi connectivity index (χ2n) is 7.29. The number of nitrogens with zero attached hydrogens (tertiary/aromatic N) is 2. The van der Waals surface area contributed by atoms with Crippen molar-refractivity contribution < 1.29 is 12.8 Å². The maximum absolute atomic E-state index is 12.1. The third kappa shape index (κ3) is 6.77. The van der Waals surface area contributed by atoms with Crippen LogP contribution in [0.1, 0.15) is 32.0 Å². The Morgan fingerprint density at radius 2 is 1.82 bits per heavy atom. The Morgan fingerprint density at radius 1 is 1.18 bits per heavy atom. The van der Waals surface area contributed by atoms with Gasteiger partial charge in [0.2, 0.25) is 5.89 Å². The van der Waals surface area contributed by atoms with E-state index < -0.39 is 14.6 Å². The molecule has 0 amide bonds. The molecule has 2 aromatic rings. The monoisotopic (exact) mass is 520 g/mol. The highest BCUT2D eigenvalue weighted by molar-refractivity contribution is 14.0. The molecule has 9 heteroatoms. The molecule has 0 saturated heterocycles. The summed E-state index contributed by atoms with van der Waals surface area (Å²) in [4.78, 5) is 8.56. The van der Waals surface area contributed by atoms with Gasteiger partial charge in [0.1, 0.15) is 6.26 Å². The van der Waals surface area contributed by atoms with E-state index in [1.54, 1.807) is 34.1 Å². The van der Waals surface area contributed by atoms with Crippen molar-refractivity contribution in [3.05, 3.63) is 41.8 Å². The first-order chi connectivity index (χ1) is 12.6. The number of halogens is 1. The molecular weight excluding hydrogens is 491 g/mol. The number of guanidine groups is 1. The van der Waals surface area contributed by atoms with Crippen LogP contribution in [-0.4, -0.2) is 43.5 Å². The van der Waals surface area contributed by atoms with Gasteiger partial charge in [0.05, 0.1) is 22.7 Å². The lowest BCUT2D eigenvalue weighted by molar-refractivity contribution is 0.559. The number of aromatic nitrogens is 1. The molecule has 0 bridgehead atoms. The van der Waals surface area contributed by atoms with Gasteiger partial charge in [-0.2, -0.15) is 0 Å². The Balaban J connectivity index is 0.00000392. The molecule has 2 rings (SSSR count). The van der Waals surface area contributed by atoms with E-state index in [1.807, 2.05) is 31.2 Å². The summed E-state index contributed by atoms with van der Waals surface area (Å²) in [5.41, 5.74) is 2.83. The van der Waals surface area contributed by atoms with Crippen LogP contribution >= 0.6 is 24.0 Å². The number of benzene rings is 1. The quantitative estimate of drug-likeness (QED) is 0.345. The van der Waals surface area contributed by atoms with Gasteiger partial charge in [-0.25, -0.2) is 13.4 Å². The molecule has 0 atom stereocenters. The van der Waals surface area contributed by atoms with E-state index in [-0.39, 0.29) is 36.3 Å². The van der Waals surface area contributed by atoms with E-state index in [0.717, 1.165) is 11.3 Å². The predicted molar refractivity (Wildman–Crippen MR) is 124 cm³/mol. The lowest BCUT2D eigenvalue weighted by Crippen LogP contribution is -2.41. The Hall–Kier alpha value is -1.62. The van der Waals surface area contributed by atoms with Gasteiger partial charge in [0, 0.05) is 19.2 Å². The number of nitrogens with one attached hydrogen (secondary N) is 2. The third-order valence-electron chi connectivity index (χ3n) is 4.11. The zero-order valence-electron chi connectivity index (χ0n) is 16.9. The Kier molecular flexibility index (Phi) is 8.93.